The van der Waals surface area contributed by atoms with Crippen molar-refractivity contribution in [1.82, 2.24) is 15.0 Å². The highest BCUT2D eigenvalue weighted by molar-refractivity contribution is 5.68. The topological polar surface area (TPSA) is 77.2 Å². The van der Waals surface area contributed by atoms with Crippen molar-refractivity contribution in [2.45, 2.75) is 44.8 Å². The number of hydrogen-bond acceptors (Lipinski definition) is 5. The lowest BCUT2D eigenvalue weighted by Gasteiger charge is -2.17. The normalized spacial score (nSPS) is 18.2. The molecule has 94 valence electrons. The summed E-state index contributed by atoms with van der Waals surface area (Å²) in [6.45, 7) is 2.15. The van der Waals surface area contributed by atoms with Crippen LogP contribution in [0.3, 0.4) is 0 Å². The molecule has 0 spiro atoms. The summed E-state index contributed by atoms with van der Waals surface area (Å²) in [4.78, 5) is 11.2. The van der Waals surface area contributed by atoms with E-state index in [1.54, 1.807) is 13.1 Å². The Morgan fingerprint density at radius 3 is 2.94 bits per heavy atom. The lowest BCUT2D eigenvalue weighted by Crippen LogP contribution is -2.21. The van der Waals surface area contributed by atoms with Crippen LogP contribution in [0.25, 0.3) is 0 Å². The molecular formula is C11H17N3O3. The highest BCUT2D eigenvalue weighted by atomic mass is 16.5. The summed E-state index contributed by atoms with van der Waals surface area (Å²) >= 11 is 0. The Morgan fingerprint density at radius 1 is 1.59 bits per heavy atom. The zero-order valence-electron chi connectivity index (χ0n) is 9.93. The van der Waals surface area contributed by atoms with Crippen molar-refractivity contribution < 1.29 is 14.6 Å². The first-order valence-corrected chi connectivity index (χ1v) is 5.93. The summed E-state index contributed by atoms with van der Waals surface area (Å²) in [7, 11) is 0. The van der Waals surface area contributed by atoms with Crippen LogP contribution in [0.2, 0.25) is 0 Å². The number of carbonyl (C=O) groups excluding carboxylic acids is 1. The molecule has 1 aliphatic rings. The van der Waals surface area contributed by atoms with Crippen molar-refractivity contribution in [3.05, 3.63) is 11.9 Å². The van der Waals surface area contributed by atoms with Crippen LogP contribution in [0.1, 0.15) is 38.3 Å². The van der Waals surface area contributed by atoms with Gasteiger partial charge in [0.2, 0.25) is 0 Å². The van der Waals surface area contributed by atoms with Crippen molar-refractivity contribution in [3.63, 3.8) is 0 Å². The second-order valence-electron chi connectivity index (χ2n) is 4.35. The Bertz CT molecular complexity index is 396. The standard InChI is InChI=1S/C11H17N3O3/c1-2-17-10(15)8-14-7-9(12-13-14)11(16)5-3-4-6-11/h7,16H,2-6,8H2,1H3. The van der Waals surface area contributed by atoms with Crippen molar-refractivity contribution in [3.8, 4) is 0 Å². The van der Waals surface area contributed by atoms with E-state index in [9.17, 15) is 9.90 Å². The van der Waals surface area contributed by atoms with Gasteiger partial charge in [-0.3, -0.25) is 4.79 Å². The molecule has 0 unspecified atom stereocenters. The molecule has 0 bridgehead atoms. The fourth-order valence-corrected chi connectivity index (χ4v) is 2.14. The molecule has 1 aromatic rings. The largest absolute Gasteiger partial charge is 0.465 e. The van der Waals surface area contributed by atoms with Gasteiger partial charge < -0.3 is 9.84 Å². The zero-order chi connectivity index (χ0) is 12.3. The molecule has 1 aromatic heterocycles. The Kier molecular flexibility index (Phi) is 3.42. The van der Waals surface area contributed by atoms with Crippen molar-refractivity contribution in [2.75, 3.05) is 6.61 Å². The van der Waals surface area contributed by atoms with E-state index in [-0.39, 0.29) is 12.5 Å². The van der Waals surface area contributed by atoms with E-state index >= 15 is 0 Å². The number of hydrogen-bond donors (Lipinski definition) is 1. The number of ether oxygens (including phenoxy) is 1. The van der Waals surface area contributed by atoms with E-state index in [0.717, 1.165) is 12.8 Å². The first-order valence-electron chi connectivity index (χ1n) is 5.93. The van der Waals surface area contributed by atoms with Crippen LogP contribution < -0.4 is 0 Å². The fourth-order valence-electron chi connectivity index (χ4n) is 2.14. The van der Waals surface area contributed by atoms with Crippen molar-refractivity contribution in [2.24, 2.45) is 0 Å². The molecule has 0 atom stereocenters. The van der Waals surface area contributed by atoms with Crippen LogP contribution in [0, 0.1) is 0 Å². The molecular weight excluding hydrogens is 222 g/mol. The average Bonchev–Trinajstić information content (AvgIpc) is 2.88. The van der Waals surface area contributed by atoms with Gasteiger partial charge in [0.1, 0.15) is 17.8 Å². The van der Waals surface area contributed by atoms with Gasteiger partial charge in [-0.05, 0) is 19.8 Å². The highest BCUT2D eigenvalue weighted by Gasteiger charge is 2.35. The third-order valence-electron chi connectivity index (χ3n) is 3.04. The second-order valence-corrected chi connectivity index (χ2v) is 4.35. The van der Waals surface area contributed by atoms with E-state index in [1.165, 1.54) is 4.68 Å². The van der Waals surface area contributed by atoms with Crippen LogP contribution in [0.4, 0.5) is 0 Å². The number of aliphatic hydroxyl groups is 1. The Balaban J connectivity index is 2.03. The van der Waals surface area contributed by atoms with Gasteiger partial charge in [0.15, 0.2) is 0 Å². The minimum Gasteiger partial charge on any atom is -0.465 e. The van der Waals surface area contributed by atoms with E-state index in [0.29, 0.717) is 25.1 Å². The Labute approximate surface area is 99.6 Å². The molecule has 6 heteroatoms. The molecule has 1 heterocycles. The van der Waals surface area contributed by atoms with E-state index in [4.69, 9.17) is 4.74 Å². The first kappa shape index (κ1) is 12.0. The van der Waals surface area contributed by atoms with Gasteiger partial charge in [-0.1, -0.05) is 18.1 Å². The summed E-state index contributed by atoms with van der Waals surface area (Å²) in [6, 6.07) is 0. The maximum absolute atomic E-state index is 11.2. The van der Waals surface area contributed by atoms with Crippen LogP contribution >= 0.6 is 0 Å². The minimum absolute atomic E-state index is 0.0386. The van der Waals surface area contributed by atoms with Crippen LogP contribution in [-0.4, -0.2) is 32.7 Å². The van der Waals surface area contributed by atoms with E-state index in [2.05, 4.69) is 10.3 Å². The summed E-state index contributed by atoms with van der Waals surface area (Å²) in [5.74, 6) is -0.345. The van der Waals surface area contributed by atoms with Crippen molar-refractivity contribution >= 4 is 5.97 Å². The molecule has 0 saturated heterocycles. The lowest BCUT2D eigenvalue weighted by molar-refractivity contribution is -0.144. The number of carbonyl (C=O) groups is 1. The number of rotatable bonds is 4. The molecule has 0 aliphatic heterocycles. The summed E-state index contributed by atoms with van der Waals surface area (Å²) in [5, 5.41) is 18.1. The monoisotopic (exact) mass is 239 g/mol. The SMILES string of the molecule is CCOC(=O)Cn1cc(C2(O)CCCC2)nn1. The predicted molar refractivity (Wildman–Crippen MR) is 59.0 cm³/mol. The molecule has 6 nitrogen and oxygen atoms in total. The average molecular weight is 239 g/mol. The number of aromatic nitrogens is 3. The highest BCUT2D eigenvalue weighted by Crippen LogP contribution is 2.37. The predicted octanol–water partition coefficient (Wildman–Crippen LogP) is 0.603. The molecule has 0 radical (unpaired) electrons. The van der Waals surface area contributed by atoms with Gasteiger partial charge in [0, 0.05) is 0 Å². The van der Waals surface area contributed by atoms with Gasteiger partial charge in [0.05, 0.1) is 12.8 Å². The smallest absolute Gasteiger partial charge is 0.327 e. The summed E-state index contributed by atoms with van der Waals surface area (Å²) in [5.41, 5.74) is -0.299. The molecule has 1 N–H and O–H groups in total. The van der Waals surface area contributed by atoms with Crippen molar-refractivity contribution in [1.29, 1.82) is 0 Å². The van der Waals surface area contributed by atoms with E-state index in [1.807, 2.05) is 0 Å². The van der Waals surface area contributed by atoms with Gasteiger partial charge in [0.25, 0.3) is 0 Å². The molecule has 1 saturated carbocycles. The lowest BCUT2D eigenvalue weighted by atomic mass is 9.99. The number of nitrogens with zero attached hydrogens (tertiary/aromatic N) is 3. The third kappa shape index (κ3) is 2.63. The maximum atomic E-state index is 11.2. The fraction of sp³-hybridized carbons (Fsp3) is 0.727. The first-order chi connectivity index (χ1) is 8.14. The molecule has 1 fully saturated rings. The Hall–Kier alpha value is -1.43. The number of esters is 1. The van der Waals surface area contributed by atoms with Crippen LogP contribution in [0.15, 0.2) is 6.20 Å². The summed E-state index contributed by atoms with van der Waals surface area (Å²) in [6.07, 6.45) is 5.06. The van der Waals surface area contributed by atoms with E-state index < -0.39 is 5.60 Å². The Morgan fingerprint density at radius 2 is 2.29 bits per heavy atom. The molecule has 0 amide bonds. The van der Waals surface area contributed by atoms with Crippen LogP contribution in [-0.2, 0) is 21.7 Å². The summed E-state index contributed by atoms with van der Waals surface area (Å²) < 4.78 is 6.22. The van der Waals surface area contributed by atoms with Gasteiger partial charge in [-0.15, -0.1) is 5.10 Å². The van der Waals surface area contributed by atoms with Gasteiger partial charge >= 0.3 is 5.97 Å². The molecule has 1 aliphatic carbocycles. The zero-order valence-corrected chi connectivity index (χ0v) is 9.93. The van der Waals surface area contributed by atoms with Gasteiger partial charge in [-0.25, -0.2) is 4.68 Å². The van der Waals surface area contributed by atoms with Crippen LogP contribution in [0.5, 0.6) is 0 Å². The van der Waals surface area contributed by atoms with Gasteiger partial charge in [-0.2, -0.15) is 0 Å². The minimum atomic E-state index is -0.854. The molecule has 17 heavy (non-hydrogen) atoms. The maximum Gasteiger partial charge on any atom is 0.327 e. The third-order valence-corrected chi connectivity index (χ3v) is 3.04. The second kappa shape index (κ2) is 4.83. The molecule has 2 rings (SSSR count). The molecule has 0 aromatic carbocycles. The quantitative estimate of drug-likeness (QED) is 0.779.